The number of nitrogens with one attached hydrogen (secondary N) is 1. The lowest BCUT2D eigenvalue weighted by Gasteiger charge is -2.32. The van der Waals surface area contributed by atoms with Crippen LogP contribution in [0.2, 0.25) is 0 Å². The quantitative estimate of drug-likeness (QED) is 0.511. The average molecular weight is 448 g/mol. The maximum atomic E-state index is 13.1. The zero-order valence-corrected chi connectivity index (χ0v) is 19.5. The number of rotatable bonds is 9. The highest BCUT2D eigenvalue weighted by Gasteiger charge is 2.19. The summed E-state index contributed by atoms with van der Waals surface area (Å²) < 4.78 is 7.22. The van der Waals surface area contributed by atoms with Gasteiger partial charge in [0.2, 0.25) is 0 Å². The number of nitrogens with zero attached hydrogens (tertiary/aromatic N) is 4. The third-order valence-corrected chi connectivity index (χ3v) is 6.07. The molecule has 0 aliphatic carbocycles. The van der Waals surface area contributed by atoms with Crippen LogP contribution in [0.25, 0.3) is 11.3 Å². The molecule has 1 N–H and O–H groups in total. The third-order valence-electron chi connectivity index (χ3n) is 6.07. The SMILES string of the molecule is COc1cccc(-c2nn(Cc3ccccc3)cc2C(=O)NCCCN2CCN(C)CC2)c1. The molecule has 1 aromatic heterocycles. The highest BCUT2D eigenvalue weighted by molar-refractivity contribution is 5.99. The summed E-state index contributed by atoms with van der Waals surface area (Å²) in [5.41, 5.74) is 3.25. The minimum Gasteiger partial charge on any atom is -0.497 e. The van der Waals surface area contributed by atoms with Crippen molar-refractivity contribution in [1.82, 2.24) is 24.9 Å². The second-order valence-corrected chi connectivity index (χ2v) is 8.56. The standard InChI is InChI=1S/C26H33N5O2/c1-29-14-16-30(17-15-29)13-7-12-27-26(32)24-20-31(19-21-8-4-3-5-9-21)28-25(24)22-10-6-11-23(18-22)33-2/h3-6,8-11,18,20H,7,12-17,19H2,1-2H3,(H,27,32). The molecule has 4 rings (SSSR count). The van der Waals surface area contributed by atoms with Gasteiger partial charge < -0.3 is 19.9 Å². The lowest BCUT2D eigenvalue weighted by molar-refractivity contribution is 0.0950. The van der Waals surface area contributed by atoms with Crippen molar-refractivity contribution < 1.29 is 9.53 Å². The van der Waals surface area contributed by atoms with Gasteiger partial charge in [-0.2, -0.15) is 5.10 Å². The Kier molecular flexibility index (Phi) is 7.75. The number of methoxy groups -OCH3 is 1. The van der Waals surface area contributed by atoms with Crippen LogP contribution in [-0.4, -0.2) is 78.9 Å². The maximum Gasteiger partial charge on any atom is 0.255 e. The van der Waals surface area contributed by atoms with E-state index in [4.69, 9.17) is 9.84 Å². The zero-order valence-electron chi connectivity index (χ0n) is 19.5. The van der Waals surface area contributed by atoms with Crippen molar-refractivity contribution >= 4 is 5.91 Å². The summed E-state index contributed by atoms with van der Waals surface area (Å²) in [5, 5.41) is 7.87. The van der Waals surface area contributed by atoms with Crippen LogP contribution in [0.5, 0.6) is 5.75 Å². The van der Waals surface area contributed by atoms with Crippen LogP contribution in [0.4, 0.5) is 0 Å². The average Bonchev–Trinajstić information content (AvgIpc) is 3.27. The van der Waals surface area contributed by atoms with Crippen LogP contribution in [0.3, 0.4) is 0 Å². The molecule has 7 nitrogen and oxygen atoms in total. The summed E-state index contributed by atoms with van der Waals surface area (Å²) in [6, 6.07) is 17.8. The normalized spacial score (nSPS) is 14.8. The van der Waals surface area contributed by atoms with E-state index in [1.54, 1.807) is 7.11 Å². The van der Waals surface area contributed by atoms with Crippen LogP contribution in [0, 0.1) is 0 Å². The number of hydrogen-bond donors (Lipinski definition) is 1. The smallest absolute Gasteiger partial charge is 0.255 e. The molecule has 1 aliphatic heterocycles. The maximum absolute atomic E-state index is 13.1. The Balaban J connectivity index is 1.45. The summed E-state index contributed by atoms with van der Waals surface area (Å²) in [7, 11) is 3.80. The summed E-state index contributed by atoms with van der Waals surface area (Å²) >= 11 is 0. The molecule has 3 aromatic rings. The molecule has 1 fully saturated rings. The molecule has 0 bridgehead atoms. The molecule has 33 heavy (non-hydrogen) atoms. The largest absolute Gasteiger partial charge is 0.497 e. The second-order valence-electron chi connectivity index (χ2n) is 8.56. The van der Waals surface area contributed by atoms with Gasteiger partial charge in [0.05, 0.1) is 19.2 Å². The number of hydrogen-bond acceptors (Lipinski definition) is 5. The van der Waals surface area contributed by atoms with Gasteiger partial charge in [0.1, 0.15) is 11.4 Å². The van der Waals surface area contributed by atoms with Crippen molar-refractivity contribution in [3.05, 3.63) is 71.9 Å². The Hall–Kier alpha value is -3.16. The molecule has 0 spiro atoms. The zero-order chi connectivity index (χ0) is 23.0. The van der Waals surface area contributed by atoms with E-state index in [-0.39, 0.29) is 5.91 Å². The molecular weight excluding hydrogens is 414 g/mol. The van der Waals surface area contributed by atoms with Gasteiger partial charge >= 0.3 is 0 Å². The van der Waals surface area contributed by atoms with E-state index >= 15 is 0 Å². The van der Waals surface area contributed by atoms with Gasteiger partial charge in [-0.1, -0.05) is 42.5 Å². The van der Waals surface area contributed by atoms with Gasteiger partial charge in [-0.3, -0.25) is 9.48 Å². The number of likely N-dealkylation sites (N-methyl/N-ethyl adjacent to an activating group) is 1. The number of amides is 1. The predicted molar refractivity (Wildman–Crippen MR) is 131 cm³/mol. The first-order valence-electron chi connectivity index (χ1n) is 11.6. The van der Waals surface area contributed by atoms with E-state index in [0.717, 1.165) is 56.0 Å². The van der Waals surface area contributed by atoms with E-state index in [1.807, 2.05) is 53.3 Å². The molecule has 1 amide bonds. The monoisotopic (exact) mass is 447 g/mol. The predicted octanol–water partition coefficient (Wildman–Crippen LogP) is 2.97. The number of carbonyl (C=O) groups excluding carboxylic acids is 1. The molecule has 1 saturated heterocycles. The fraction of sp³-hybridized carbons (Fsp3) is 0.385. The van der Waals surface area contributed by atoms with Gasteiger partial charge in [-0.05, 0) is 37.7 Å². The van der Waals surface area contributed by atoms with Crippen LogP contribution < -0.4 is 10.1 Å². The molecule has 0 unspecified atom stereocenters. The van der Waals surface area contributed by atoms with Gasteiger partial charge in [0, 0.05) is 44.5 Å². The van der Waals surface area contributed by atoms with Crippen LogP contribution in [0.1, 0.15) is 22.3 Å². The Morgan fingerprint density at radius 1 is 1.06 bits per heavy atom. The summed E-state index contributed by atoms with van der Waals surface area (Å²) in [4.78, 5) is 18.0. The van der Waals surface area contributed by atoms with Crippen molar-refractivity contribution in [2.24, 2.45) is 0 Å². The first kappa shape index (κ1) is 23.0. The number of aromatic nitrogens is 2. The summed E-state index contributed by atoms with van der Waals surface area (Å²) in [5.74, 6) is 0.647. The Morgan fingerprint density at radius 3 is 2.61 bits per heavy atom. The minimum atomic E-state index is -0.0921. The van der Waals surface area contributed by atoms with Crippen molar-refractivity contribution in [3.8, 4) is 17.0 Å². The number of benzene rings is 2. The number of piperazine rings is 1. The fourth-order valence-electron chi connectivity index (χ4n) is 4.09. The van der Waals surface area contributed by atoms with Gasteiger partial charge in [0.15, 0.2) is 0 Å². The Labute approximate surface area is 196 Å². The molecule has 1 aliphatic rings. The molecule has 174 valence electrons. The van der Waals surface area contributed by atoms with E-state index in [1.165, 1.54) is 0 Å². The molecular formula is C26H33N5O2. The molecule has 0 atom stereocenters. The Morgan fingerprint density at radius 2 is 1.85 bits per heavy atom. The van der Waals surface area contributed by atoms with E-state index < -0.39 is 0 Å². The van der Waals surface area contributed by atoms with E-state index in [2.05, 4.69) is 34.3 Å². The van der Waals surface area contributed by atoms with Gasteiger partial charge in [-0.15, -0.1) is 0 Å². The molecule has 0 saturated carbocycles. The second kappa shape index (κ2) is 11.1. The van der Waals surface area contributed by atoms with Crippen molar-refractivity contribution in [2.75, 3.05) is 53.4 Å². The number of ether oxygens (including phenoxy) is 1. The number of carbonyl (C=O) groups is 1. The first-order valence-corrected chi connectivity index (χ1v) is 11.6. The van der Waals surface area contributed by atoms with Crippen molar-refractivity contribution in [2.45, 2.75) is 13.0 Å². The molecule has 2 aromatic carbocycles. The molecule has 7 heteroatoms. The highest BCUT2D eigenvalue weighted by atomic mass is 16.5. The Bertz CT molecular complexity index is 1040. The summed E-state index contributed by atoms with van der Waals surface area (Å²) in [6.07, 6.45) is 2.78. The van der Waals surface area contributed by atoms with E-state index in [9.17, 15) is 4.79 Å². The van der Waals surface area contributed by atoms with Crippen molar-refractivity contribution in [3.63, 3.8) is 0 Å². The van der Waals surface area contributed by atoms with Crippen LogP contribution in [0.15, 0.2) is 60.8 Å². The van der Waals surface area contributed by atoms with Gasteiger partial charge in [0.25, 0.3) is 5.91 Å². The molecule has 0 radical (unpaired) electrons. The molecule has 2 heterocycles. The fourth-order valence-corrected chi connectivity index (χ4v) is 4.09. The van der Waals surface area contributed by atoms with Crippen LogP contribution >= 0.6 is 0 Å². The minimum absolute atomic E-state index is 0.0921. The van der Waals surface area contributed by atoms with Crippen molar-refractivity contribution in [1.29, 1.82) is 0 Å². The first-order chi connectivity index (χ1) is 16.1. The highest BCUT2D eigenvalue weighted by Crippen LogP contribution is 2.26. The topological polar surface area (TPSA) is 62.6 Å². The van der Waals surface area contributed by atoms with E-state index in [0.29, 0.717) is 24.3 Å². The van der Waals surface area contributed by atoms with Crippen LogP contribution in [-0.2, 0) is 6.54 Å². The lowest BCUT2D eigenvalue weighted by Crippen LogP contribution is -2.45. The summed E-state index contributed by atoms with van der Waals surface area (Å²) in [6.45, 7) is 6.66. The third kappa shape index (κ3) is 6.21. The lowest BCUT2D eigenvalue weighted by atomic mass is 10.1. The van der Waals surface area contributed by atoms with Gasteiger partial charge in [-0.25, -0.2) is 0 Å².